The van der Waals surface area contributed by atoms with Gasteiger partial charge in [-0.3, -0.25) is 19.8 Å². The molecule has 96 valence electrons. The van der Waals surface area contributed by atoms with Crippen LogP contribution < -0.4 is 10.6 Å². The summed E-state index contributed by atoms with van der Waals surface area (Å²) in [7, 11) is 1.45. The van der Waals surface area contributed by atoms with Gasteiger partial charge in [-0.2, -0.15) is 0 Å². The van der Waals surface area contributed by atoms with E-state index in [4.69, 9.17) is 0 Å². The van der Waals surface area contributed by atoms with Crippen LogP contribution in [0.3, 0.4) is 0 Å². The molecule has 0 aromatic carbocycles. The molecule has 1 rings (SSSR count). The van der Waals surface area contributed by atoms with Crippen molar-refractivity contribution in [2.75, 3.05) is 39.8 Å². The average Bonchev–Trinajstić information content (AvgIpc) is 2.29. The second kappa shape index (κ2) is 6.19. The van der Waals surface area contributed by atoms with E-state index in [0.717, 1.165) is 0 Å². The number of nitrogens with zero attached hydrogens (tertiary/aromatic N) is 2. The molecule has 0 aromatic heterocycles. The molecule has 17 heavy (non-hydrogen) atoms. The number of hydrogen-bond donors (Lipinski definition) is 2. The number of carbonyl (C=O) groups excluding carboxylic acids is 3. The van der Waals surface area contributed by atoms with E-state index >= 15 is 0 Å². The molecule has 0 aromatic rings. The lowest BCUT2D eigenvalue weighted by Crippen LogP contribution is -2.51. The highest BCUT2D eigenvalue weighted by Gasteiger charge is 2.20. The van der Waals surface area contributed by atoms with Gasteiger partial charge in [-0.1, -0.05) is 0 Å². The number of hydrogen-bond acceptors (Lipinski definition) is 4. The fraction of sp³-hybridized carbons (Fsp3) is 0.700. The number of nitrogens with one attached hydrogen (secondary N) is 2. The van der Waals surface area contributed by atoms with Gasteiger partial charge < -0.3 is 10.2 Å². The van der Waals surface area contributed by atoms with E-state index < -0.39 is 6.03 Å². The Labute approximate surface area is 100 Å². The van der Waals surface area contributed by atoms with Gasteiger partial charge in [0.15, 0.2) is 0 Å². The standard InChI is InChI=1S/C10H18N4O3/c1-8(15)14-5-3-13(4-6-14)7-9(16)12-10(17)11-2/h3-7H2,1-2H3,(H2,11,12,16,17). The van der Waals surface area contributed by atoms with E-state index in [2.05, 4.69) is 10.6 Å². The van der Waals surface area contributed by atoms with E-state index in [1.165, 1.54) is 14.0 Å². The van der Waals surface area contributed by atoms with E-state index in [0.29, 0.717) is 26.2 Å². The first kappa shape index (κ1) is 13.4. The molecular formula is C10H18N4O3. The van der Waals surface area contributed by atoms with Crippen LogP contribution in [-0.4, -0.2) is 67.4 Å². The van der Waals surface area contributed by atoms with Crippen LogP contribution in [0, 0.1) is 0 Å². The smallest absolute Gasteiger partial charge is 0.321 e. The minimum atomic E-state index is -0.502. The summed E-state index contributed by atoms with van der Waals surface area (Å²) in [5, 5.41) is 4.51. The number of rotatable bonds is 2. The summed E-state index contributed by atoms with van der Waals surface area (Å²) in [5.41, 5.74) is 0. The van der Waals surface area contributed by atoms with Crippen LogP contribution in [-0.2, 0) is 9.59 Å². The van der Waals surface area contributed by atoms with Crippen LogP contribution >= 0.6 is 0 Å². The van der Waals surface area contributed by atoms with Gasteiger partial charge in [0, 0.05) is 40.2 Å². The van der Waals surface area contributed by atoms with E-state index in [1.54, 1.807) is 4.90 Å². The van der Waals surface area contributed by atoms with Crippen molar-refractivity contribution < 1.29 is 14.4 Å². The molecule has 0 aliphatic carbocycles. The normalized spacial score (nSPS) is 16.5. The first-order chi connectivity index (χ1) is 8.02. The van der Waals surface area contributed by atoms with Gasteiger partial charge in [-0.05, 0) is 0 Å². The molecule has 1 fully saturated rings. The Morgan fingerprint density at radius 3 is 2.18 bits per heavy atom. The summed E-state index contributed by atoms with van der Waals surface area (Å²) in [6, 6.07) is -0.502. The fourth-order valence-electron chi connectivity index (χ4n) is 1.65. The lowest BCUT2D eigenvalue weighted by molar-refractivity contribution is -0.130. The zero-order chi connectivity index (χ0) is 12.8. The Bertz CT molecular complexity index is 311. The van der Waals surface area contributed by atoms with Gasteiger partial charge in [-0.15, -0.1) is 0 Å². The zero-order valence-corrected chi connectivity index (χ0v) is 10.2. The van der Waals surface area contributed by atoms with E-state index in [1.807, 2.05) is 4.90 Å². The third-order valence-corrected chi connectivity index (χ3v) is 2.66. The van der Waals surface area contributed by atoms with E-state index in [-0.39, 0.29) is 18.4 Å². The van der Waals surface area contributed by atoms with Gasteiger partial charge in [-0.25, -0.2) is 4.79 Å². The molecule has 0 atom stereocenters. The van der Waals surface area contributed by atoms with Crippen LogP contribution in [0.2, 0.25) is 0 Å². The maximum Gasteiger partial charge on any atom is 0.321 e. The SMILES string of the molecule is CNC(=O)NC(=O)CN1CCN(C(C)=O)CC1. The molecule has 1 aliphatic rings. The molecule has 0 unspecified atom stereocenters. The Kier molecular flexibility index (Phi) is 4.89. The number of carbonyl (C=O) groups is 3. The molecule has 0 saturated carbocycles. The van der Waals surface area contributed by atoms with Crippen LogP contribution in [0.25, 0.3) is 0 Å². The first-order valence-corrected chi connectivity index (χ1v) is 5.52. The summed E-state index contributed by atoms with van der Waals surface area (Å²) in [4.78, 5) is 37.0. The molecule has 4 amide bonds. The number of imide groups is 1. The summed E-state index contributed by atoms with van der Waals surface area (Å²) in [6.45, 7) is 4.28. The highest BCUT2D eigenvalue weighted by atomic mass is 16.2. The highest BCUT2D eigenvalue weighted by molar-refractivity contribution is 5.95. The average molecular weight is 242 g/mol. The van der Waals surface area contributed by atoms with Gasteiger partial charge in [0.1, 0.15) is 0 Å². The topological polar surface area (TPSA) is 81.8 Å². The Balaban J connectivity index is 2.28. The third kappa shape index (κ3) is 4.39. The fourth-order valence-corrected chi connectivity index (χ4v) is 1.65. The largest absolute Gasteiger partial charge is 0.341 e. The maximum absolute atomic E-state index is 11.4. The summed E-state index contributed by atoms with van der Waals surface area (Å²) >= 11 is 0. The Morgan fingerprint density at radius 2 is 1.71 bits per heavy atom. The quantitative estimate of drug-likeness (QED) is 0.624. The number of piperazine rings is 1. The Morgan fingerprint density at radius 1 is 1.12 bits per heavy atom. The van der Waals surface area contributed by atoms with Crippen molar-refractivity contribution in [1.29, 1.82) is 0 Å². The Hall–Kier alpha value is -1.63. The highest BCUT2D eigenvalue weighted by Crippen LogP contribution is 2.01. The lowest BCUT2D eigenvalue weighted by atomic mass is 10.3. The minimum absolute atomic E-state index is 0.0551. The lowest BCUT2D eigenvalue weighted by Gasteiger charge is -2.33. The predicted molar refractivity (Wildman–Crippen MR) is 61.3 cm³/mol. The third-order valence-electron chi connectivity index (χ3n) is 2.66. The van der Waals surface area contributed by atoms with Crippen LogP contribution in [0.15, 0.2) is 0 Å². The van der Waals surface area contributed by atoms with Crippen molar-refractivity contribution >= 4 is 17.8 Å². The van der Waals surface area contributed by atoms with Gasteiger partial charge >= 0.3 is 6.03 Å². The maximum atomic E-state index is 11.4. The summed E-state index contributed by atoms with van der Waals surface area (Å²) in [5.74, 6) is -0.278. The van der Waals surface area contributed by atoms with Gasteiger partial charge in [0.25, 0.3) is 0 Å². The molecule has 0 radical (unpaired) electrons. The molecular weight excluding hydrogens is 224 g/mol. The van der Waals surface area contributed by atoms with Crippen LogP contribution in [0.1, 0.15) is 6.92 Å². The summed E-state index contributed by atoms with van der Waals surface area (Å²) in [6.07, 6.45) is 0. The monoisotopic (exact) mass is 242 g/mol. The first-order valence-electron chi connectivity index (χ1n) is 5.52. The van der Waals surface area contributed by atoms with Gasteiger partial charge in [0.2, 0.25) is 11.8 Å². The second-order valence-electron chi connectivity index (χ2n) is 3.91. The van der Waals surface area contributed by atoms with Gasteiger partial charge in [0.05, 0.1) is 6.54 Å². The van der Waals surface area contributed by atoms with Crippen LogP contribution in [0.4, 0.5) is 4.79 Å². The number of amides is 4. The van der Waals surface area contributed by atoms with Crippen molar-refractivity contribution in [3.8, 4) is 0 Å². The van der Waals surface area contributed by atoms with E-state index in [9.17, 15) is 14.4 Å². The molecule has 1 heterocycles. The molecule has 7 nitrogen and oxygen atoms in total. The number of urea groups is 1. The van der Waals surface area contributed by atoms with Crippen molar-refractivity contribution in [1.82, 2.24) is 20.4 Å². The second-order valence-corrected chi connectivity index (χ2v) is 3.91. The molecule has 0 bridgehead atoms. The van der Waals surface area contributed by atoms with Crippen molar-refractivity contribution in [3.05, 3.63) is 0 Å². The predicted octanol–water partition coefficient (Wildman–Crippen LogP) is -1.39. The molecule has 0 spiro atoms. The molecule has 2 N–H and O–H groups in total. The molecule has 1 aliphatic heterocycles. The van der Waals surface area contributed by atoms with Crippen molar-refractivity contribution in [3.63, 3.8) is 0 Å². The van der Waals surface area contributed by atoms with Crippen molar-refractivity contribution in [2.24, 2.45) is 0 Å². The minimum Gasteiger partial charge on any atom is -0.341 e. The van der Waals surface area contributed by atoms with Crippen molar-refractivity contribution in [2.45, 2.75) is 6.92 Å². The molecule has 1 saturated heterocycles. The summed E-state index contributed by atoms with van der Waals surface area (Å²) < 4.78 is 0. The molecule has 7 heteroatoms. The zero-order valence-electron chi connectivity index (χ0n) is 10.2. The van der Waals surface area contributed by atoms with Crippen LogP contribution in [0.5, 0.6) is 0 Å².